The zero-order valence-electron chi connectivity index (χ0n) is 15.4. The van der Waals surface area contributed by atoms with E-state index in [1.165, 1.54) is 12.8 Å². The summed E-state index contributed by atoms with van der Waals surface area (Å²) < 4.78 is 1.94. The number of nitrogens with one attached hydrogen (secondary N) is 2. The molecule has 2 N–H and O–H groups in total. The number of pyridine rings is 1. The van der Waals surface area contributed by atoms with Gasteiger partial charge >= 0.3 is 0 Å². The highest BCUT2D eigenvalue weighted by Gasteiger charge is 2.34. The molecule has 4 rings (SSSR count). The van der Waals surface area contributed by atoms with Crippen LogP contribution in [0.1, 0.15) is 43.5 Å². The van der Waals surface area contributed by atoms with Crippen molar-refractivity contribution >= 4 is 30.7 Å². The van der Waals surface area contributed by atoms with E-state index in [1.807, 2.05) is 36.0 Å². The van der Waals surface area contributed by atoms with Crippen molar-refractivity contribution in [2.24, 2.45) is 5.92 Å². The fraction of sp³-hybridized carbons (Fsp3) is 0.526. The van der Waals surface area contributed by atoms with Gasteiger partial charge in [0, 0.05) is 43.6 Å². The van der Waals surface area contributed by atoms with Gasteiger partial charge in [0.15, 0.2) is 0 Å². The van der Waals surface area contributed by atoms with Gasteiger partial charge in [0.05, 0.1) is 0 Å². The highest BCUT2D eigenvalue weighted by Crippen LogP contribution is 2.32. The molecule has 2 aliphatic rings. The van der Waals surface area contributed by atoms with Gasteiger partial charge in [-0.3, -0.25) is 9.36 Å². The first kappa shape index (κ1) is 21.7. The van der Waals surface area contributed by atoms with Crippen LogP contribution in [-0.4, -0.2) is 32.5 Å². The SMILES string of the molecule is Cc1nccn1-c1ccc(CNC(=O)CC2CC3CCC(C2)N3)cn1.Cl.Cl. The zero-order chi connectivity index (χ0) is 17.2. The fourth-order valence-corrected chi connectivity index (χ4v) is 4.16. The molecule has 4 heterocycles. The molecule has 2 aromatic heterocycles. The summed E-state index contributed by atoms with van der Waals surface area (Å²) in [5.74, 6) is 2.43. The Bertz CT molecular complexity index is 737. The van der Waals surface area contributed by atoms with Crippen molar-refractivity contribution in [3.63, 3.8) is 0 Å². The van der Waals surface area contributed by atoms with Gasteiger partial charge in [-0.1, -0.05) is 6.07 Å². The van der Waals surface area contributed by atoms with Crippen molar-refractivity contribution in [1.29, 1.82) is 0 Å². The lowest BCUT2D eigenvalue weighted by molar-refractivity contribution is -0.122. The third-order valence-electron chi connectivity index (χ3n) is 5.42. The second-order valence-electron chi connectivity index (χ2n) is 7.33. The van der Waals surface area contributed by atoms with E-state index < -0.39 is 0 Å². The maximum atomic E-state index is 12.3. The van der Waals surface area contributed by atoms with Gasteiger partial charge in [0.2, 0.25) is 5.91 Å². The number of nitrogens with zero attached hydrogens (tertiary/aromatic N) is 3. The maximum absolute atomic E-state index is 12.3. The molecule has 2 aromatic rings. The van der Waals surface area contributed by atoms with Crippen LogP contribution < -0.4 is 10.6 Å². The van der Waals surface area contributed by atoms with Crippen LogP contribution in [0.2, 0.25) is 0 Å². The molecule has 148 valence electrons. The monoisotopic (exact) mass is 411 g/mol. The molecule has 0 radical (unpaired) electrons. The topological polar surface area (TPSA) is 71.8 Å². The van der Waals surface area contributed by atoms with Gasteiger partial charge in [-0.05, 0) is 50.2 Å². The molecule has 2 fully saturated rings. The standard InChI is InChI=1S/C19H25N5O.2ClH/c1-13-20-6-7-24(13)18-5-2-14(11-21-18)12-22-19(25)10-15-8-16-3-4-17(9-15)23-16;;/h2,5-7,11,15-17,23H,3-4,8-10,12H2,1H3,(H,22,25);2*1H. The predicted octanol–water partition coefficient (Wildman–Crippen LogP) is 2.96. The Morgan fingerprint density at radius 2 is 1.96 bits per heavy atom. The van der Waals surface area contributed by atoms with Crippen molar-refractivity contribution in [1.82, 2.24) is 25.2 Å². The number of carbonyl (C=O) groups excluding carboxylic acids is 1. The molecule has 1 amide bonds. The third kappa shape index (κ3) is 5.21. The van der Waals surface area contributed by atoms with Crippen LogP contribution in [0, 0.1) is 12.8 Å². The fourth-order valence-electron chi connectivity index (χ4n) is 4.16. The zero-order valence-corrected chi connectivity index (χ0v) is 17.1. The van der Waals surface area contributed by atoms with Crippen LogP contribution in [0.25, 0.3) is 5.82 Å². The van der Waals surface area contributed by atoms with Gasteiger partial charge in [-0.25, -0.2) is 9.97 Å². The molecule has 0 aromatic carbocycles. The Morgan fingerprint density at radius 1 is 1.22 bits per heavy atom. The number of carbonyl (C=O) groups is 1. The minimum atomic E-state index is 0. The summed E-state index contributed by atoms with van der Waals surface area (Å²) in [6, 6.07) is 5.24. The quantitative estimate of drug-likeness (QED) is 0.792. The number of rotatable bonds is 5. The molecule has 0 spiro atoms. The van der Waals surface area contributed by atoms with Crippen LogP contribution in [-0.2, 0) is 11.3 Å². The minimum Gasteiger partial charge on any atom is -0.352 e. The highest BCUT2D eigenvalue weighted by molar-refractivity contribution is 5.85. The minimum absolute atomic E-state index is 0. The Hall–Kier alpha value is -1.63. The molecule has 2 aliphatic heterocycles. The average Bonchev–Trinajstić information content (AvgIpc) is 3.19. The molecule has 2 atom stereocenters. The van der Waals surface area contributed by atoms with Crippen molar-refractivity contribution in [3.05, 3.63) is 42.1 Å². The number of fused-ring (bicyclic) bond motifs is 2. The number of piperidine rings is 1. The van der Waals surface area contributed by atoms with Gasteiger partial charge in [-0.2, -0.15) is 0 Å². The van der Waals surface area contributed by atoms with E-state index in [4.69, 9.17) is 0 Å². The van der Waals surface area contributed by atoms with Gasteiger partial charge in [-0.15, -0.1) is 24.8 Å². The molecule has 8 heteroatoms. The first-order valence-electron chi connectivity index (χ1n) is 9.15. The van der Waals surface area contributed by atoms with Gasteiger partial charge in [0.1, 0.15) is 11.6 Å². The van der Waals surface area contributed by atoms with E-state index in [9.17, 15) is 4.79 Å². The first-order chi connectivity index (χ1) is 12.2. The summed E-state index contributed by atoms with van der Waals surface area (Å²) in [4.78, 5) is 20.9. The summed E-state index contributed by atoms with van der Waals surface area (Å²) in [7, 11) is 0. The lowest BCUT2D eigenvalue weighted by Gasteiger charge is -2.28. The lowest BCUT2D eigenvalue weighted by atomic mass is 9.89. The van der Waals surface area contributed by atoms with Crippen LogP contribution in [0.5, 0.6) is 0 Å². The number of amides is 1. The predicted molar refractivity (Wildman–Crippen MR) is 110 cm³/mol. The second kappa shape index (κ2) is 9.53. The van der Waals surface area contributed by atoms with Crippen molar-refractivity contribution in [2.45, 2.75) is 57.7 Å². The molecule has 6 nitrogen and oxygen atoms in total. The molecule has 2 saturated heterocycles. The summed E-state index contributed by atoms with van der Waals surface area (Å²) in [6.45, 7) is 2.48. The second-order valence-corrected chi connectivity index (χ2v) is 7.33. The van der Waals surface area contributed by atoms with Crippen LogP contribution in [0.4, 0.5) is 0 Å². The Balaban J connectivity index is 0.00000131. The molecule has 2 bridgehead atoms. The molecular formula is C19H27Cl2N5O. The van der Waals surface area contributed by atoms with Gasteiger partial charge in [0.25, 0.3) is 0 Å². The maximum Gasteiger partial charge on any atom is 0.220 e. The van der Waals surface area contributed by atoms with Crippen LogP contribution in [0.3, 0.4) is 0 Å². The summed E-state index contributed by atoms with van der Waals surface area (Å²) in [6.07, 6.45) is 11.0. The summed E-state index contributed by atoms with van der Waals surface area (Å²) in [5, 5.41) is 6.67. The number of aryl methyl sites for hydroxylation is 1. The van der Waals surface area contributed by atoms with Crippen LogP contribution >= 0.6 is 24.8 Å². The molecule has 27 heavy (non-hydrogen) atoms. The number of aromatic nitrogens is 3. The van der Waals surface area contributed by atoms with Crippen molar-refractivity contribution < 1.29 is 4.79 Å². The van der Waals surface area contributed by atoms with Gasteiger partial charge < -0.3 is 10.6 Å². The van der Waals surface area contributed by atoms with E-state index in [1.54, 1.807) is 6.20 Å². The number of imidazole rings is 1. The smallest absolute Gasteiger partial charge is 0.220 e. The first-order valence-corrected chi connectivity index (χ1v) is 9.15. The molecule has 0 saturated carbocycles. The van der Waals surface area contributed by atoms with Crippen molar-refractivity contribution in [2.75, 3.05) is 0 Å². The Morgan fingerprint density at radius 3 is 2.56 bits per heavy atom. The molecular weight excluding hydrogens is 385 g/mol. The van der Waals surface area contributed by atoms with E-state index in [0.29, 0.717) is 31.0 Å². The largest absolute Gasteiger partial charge is 0.352 e. The third-order valence-corrected chi connectivity index (χ3v) is 5.42. The molecule has 0 aliphatic carbocycles. The average molecular weight is 412 g/mol. The number of halogens is 2. The van der Waals surface area contributed by atoms with E-state index in [2.05, 4.69) is 20.6 Å². The Kier molecular flexibility index (Phi) is 7.65. The number of hydrogen-bond acceptors (Lipinski definition) is 4. The highest BCUT2D eigenvalue weighted by atomic mass is 35.5. The summed E-state index contributed by atoms with van der Waals surface area (Å²) in [5.41, 5.74) is 1.01. The van der Waals surface area contributed by atoms with E-state index in [0.717, 1.165) is 30.0 Å². The normalized spacial score (nSPS) is 23.2. The van der Waals surface area contributed by atoms with Crippen molar-refractivity contribution in [3.8, 4) is 5.82 Å². The van der Waals surface area contributed by atoms with E-state index >= 15 is 0 Å². The summed E-state index contributed by atoms with van der Waals surface area (Å²) >= 11 is 0. The van der Waals surface area contributed by atoms with E-state index in [-0.39, 0.29) is 30.7 Å². The number of hydrogen-bond donors (Lipinski definition) is 2. The van der Waals surface area contributed by atoms with Crippen LogP contribution in [0.15, 0.2) is 30.7 Å². The lowest BCUT2D eigenvalue weighted by Crippen LogP contribution is -2.39. The molecule has 2 unspecified atom stereocenters. The Labute approximate surface area is 172 Å².